The van der Waals surface area contributed by atoms with Crippen molar-refractivity contribution >= 4 is 6.09 Å². The van der Waals surface area contributed by atoms with Crippen LogP contribution in [-0.2, 0) is 14.2 Å². The van der Waals surface area contributed by atoms with E-state index >= 15 is 0 Å². The minimum atomic E-state index is -0.728. The largest absolute Gasteiger partial charge is 0.453 e. The van der Waals surface area contributed by atoms with Crippen LogP contribution < -0.4 is 0 Å². The molecule has 126 valence electrons. The maximum Gasteiger partial charge on any atom is 0.410 e. The van der Waals surface area contributed by atoms with Crippen molar-refractivity contribution in [2.24, 2.45) is 5.92 Å². The fraction of sp³-hybridized carbons (Fsp3) is 0.938. The quantitative estimate of drug-likeness (QED) is 0.858. The average Bonchev–Trinajstić information content (AvgIpc) is 3.09. The Morgan fingerprint density at radius 2 is 2.14 bits per heavy atom. The summed E-state index contributed by atoms with van der Waals surface area (Å²) in [6.07, 6.45) is 5.05. The molecule has 3 fully saturated rings. The van der Waals surface area contributed by atoms with Gasteiger partial charge in [-0.3, -0.25) is 4.90 Å². The molecule has 0 aliphatic carbocycles. The van der Waals surface area contributed by atoms with Crippen LogP contribution in [0.15, 0.2) is 0 Å². The second kappa shape index (κ2) is 5.98. The number of carbonyl (C=O) groups excluding carboxylic acids is 1. The molecule has 0 aromatic heterocycles. The van der Waals surface area contributed by atoms with Crippen molar-refractivity contribution in [3.8, 4) is 0 Å². The summed E-state index contributed by atoms with van der Waals surface area (Å²) in [6.45, 7) is 3.22. The molecule has 3 heterocycles. The van der Waals surface area contributed by atoms with Crippen molar-refractivity contribution < 1.29 is 24.1 Å². The zero-order chi connectivity index (χ0) is 15.8. The van der Waals surface area contributed by atoms with E-state index in [-0.39, 0.29) is 24.7 Å². The van der Waals surface area contributed by atoms with Crippen LogP contribution in [0, 0.1) is 5.92 Å². The topological polar surface area (TPSA) is 68.2 Å². The van der Waals surface area contributed by atoms with E-state index in [1.54, 1.807) is 0 Å². The molecule has 3 rings (SSSR count). The highest BCUT2D eigenvalue weighted by Gasteiger charge is 2.66. The highest BCUT2D eigenvalue weighted by atomic mass is 16.7. The lowest BCUT2D eigenvalue weighted by molar-refractivity contribution is -0.259. The molecule has 3 aliphatic rings. The summed E-state index contributed by atoms with van der Waals surface area (Å²) in [5.74, 6) is -0.944. The van der Waals surface area contributed by atoms with Gasteiger partial charge in [0.2, 0.25) is 0 Å². The molecule has 1 amide bonds. The molecule has 3 atom stereocenters. The summed E-state index contributed by atoms with van der Waals surface area (Å²) >= 11 is 0. The van der Waals surface area contributed by atoms with E-state index in [4.69, 9.17) is 14.2 Å². The number of hydrogen-bond donors (Lipinski definition) is 1. The van der Waals surface area contributed by atoms with Crippen molar-refractivity contribution in [2.45, 2.75) is 62.8 Å². The molecule has 3 aliphatic heterocycles. The van der Waals surface area contributed by atoms with Crippen molar-refractivity contribution in [2.75, 3.05) is 26.9 Å². The summed E-state index contributed by atoms with van der Waals surface area (Å²) < 4.78 is 17.0. The third kappa shape index (κ3) is 2.15. The second-order valence-corrected chi connectivity index (χ2v) is 6.69. The van der Waals surface area contributed by atoms with Gasteiger partial charge in [0.05, 0.1) is 38.4 Å². The first kappa shape index (κ1) is 16.0. The number of carbonyl (C=O) groups is 1. The van der Waals surface area contributed by atoms with Gasteiger partial charge in [-0.1, -0.05) is 19.8 Å². The van der Waals surface area contributed by atoms with Crippen LogP contribution in [0.3, 0.4) is 0 Å². The van der Waals surface area contributed by atoms with Crippen LogP contribution >= 0.6 is 0 Å². The van der Waals surface area contributed by atoms with Gasteiger partial charge in [-0.2, -0.15) is 0 Å². The Bertz CT molecular complexity index is 423. The molecule has 0 radical (unpaired) electrons. The summed E-state index contributed by atoms with van der Waals surface area (Å²) in [5.41, 5.74) is -0.412. The number of fused-ring (bicyclic) bond motifs is 2. The van der Waals surface area contributed by atoms with Gasteiger partial charge in [0.15, 0.2) is 5.79 Å². The summed E-state index contributed by atoms with van der Waals surface area (Å²) in [5, 5.41) is 10.1. The zero-order valence-electron chi connectivity index (χ0n) is 13.5. The van der Waals surface area contributed by atoms with Crippen LogP contribution in [0.1, 0.15) is 45.4 Å². The summed E-state index contributed by atoms with van der Waals surface area (Å²) in [7, 11) is 1.43. The van der Waals surface area contributed by atoms with E-state index in [9.17, 15) is 9.90 Å². The molecule has 1 N–H and O–H groups in total. The Morgan fingerprint density at radius 1 is 1.41 bits per heavy atom. The molecule has 1 spiro atoms. The lowest BCUT2D eigenvalue weighted by Crippen LogP contribution is -2.68. The van der Waals surface area contributed by atoms with Gasteiger partial charge >= 0.3 is 6.09 Å². The lowest BCUT2D eigenvalue weighted by atomic mass is 9.71. The van der Waals surface area contributed by atoms with E-state index < -0.39 is 11.3 Å². The number of aliphatic hydroxyl groups excluding tert-OH is 1. The van der Waals surface area contributed by atoms with Gasteiger partial charge in [-0.05, 0) is 19.3 Å². The Hall–Kier alpha value is -0.850. The van der Waals surface area contributed by atoms with Crippen LogP contribution in [-0.4, -0.2) is 60.4 Å². The number of piperidine rings is 1. The van der Waals surface area contributed by atoms with Crippen LogP contribution in [0.5, 0.6) is 0 Å². The van der Waals surface area contributed by atoms with Crippen molar-refractivity contribution in [1.82, 2.24) is 4.90 Å². The van der Waals surface area contributed by atoms with Gasteiger partial charge in [-0.15, -0.1) is 0 Å². The van der Waals surface area contributed by atoms with Crippen molar-refractivity contribution in [3.05, 3.63) is 0 Å². The number of unbranched alkanes of at least 4 members (excludes halogenated alkanes) is 1. The van der Waals surface area contributed by atoms with E-state index in [1.165, 1.54) is 7.11 Å². The van der Waals surface area contributed by atoms with E-state index in [2.05, 4.69) is 6.92 Å². The van der Waals surface area contributed by atoms with E-state index in [0.717, 1.165) is 32.1 Å². The van der Waals surface area contributed by atoms with Crippen molar-refractivity contribution in [3.63, 3.8) is 0 Å². The minimum absolute atomic E-state index is 0.0378. The maximum atomic E-state index is 12.4. The molecule has 2 bridgehead atoms. The normalized spacial score (nSPS) is 36.0. The minimum Gasteiger partial charge on any atom is -0.453 e. The average molecular weight is 313 g/mol. The Morgan fingerprint density at radius 3 is 2.73 bits per heavy atom. The Kier molecular flexibility index (Phi) is 4.36. The molecular formula is C16H27NO5. The monoisotopic (exact) mass is 313 g/mol. The molecule has 6 nitrogen and oxygen atoms in total. The maximum absolute atomic E-state index is 12.4. The number of hydrogen-bond acceptors (Lipinski definition) is 5. The first-order valence-electron chi connectivity index (χ1n) is 8.39. The number of aliphatic hydroxyl groups is 1. The molecule has 3 saturated heterocycles. The molecule has 6 heteroatoms. The van der Waals surface area contributed by atoms with E-state index in [0.29, 0.717) is 19.6 Å². The molecule has 0 saturated carbocycles. The fourth-order valence-electron chi connectivity index (χ4n) is 4.88. The fourth-order valence-corrected chi connectivity index (χ4v) is 4.88. The second-order valence-electron chi connectivity index (χ2n) is 6.69. The number of ether oxygens (including phenoxy) is 3. The highest BCUT2D eigenvalue weighted by molar-refractivity contribution is 5.70. The molecule has 22 heavy (non-hydrogen) atoms. The number of methoxy groups -OCH3 is 1. The highest BCUT2D eigenvalue weighted by Crippen LogP contribution is 2.56. The first-order chi connectivity index (χ1) is 10.6. The SMILES string of the molecule is CCCC[C@@]12CC[C@@H](CC3(OCCO3)[C@@H]1CO)N2C(=O)OC. The van der Waals surface area contributed by atoms with Gasteiger partial charge in [0.25, 0.3) is 0 Å². The number of rotatable bonds is 4. The van der Waals surface area contributed by atoms with Gasteiger partial charge < -0.3 is 19.3 Å². The summed E-state index contributed by atoms with van der Waals surface area (Å²) in [4.78, 5) is 14.3. The summed E-state index contributed by atoms with van der Waals surface area (Å²) in [6, 6.07) is 0.0743. The number of nitrogens with zero attached hydrogens (tertiary/aromatic N) is 1. The molecule has 0 unspecified atom stereocenters. The Labute approximate surface area is 131 Å². The smallest absolute Gasteiger partial charge is 0.410 e. The molecule has 0 aromatic carbocycles. The van der Waals surface area contributed by atoms with E-state index in [1.807, 2.05) is 4.90 Å². The van der Waals surface area contributed by atoms with Crippen LogP contribution in [0.2, 0.25) is 0 Å². The van der Waals surface area contributed by atoms with Crippen molar-refractivity contribution in [1.29, 1.82) is 0 Å². The van der Waals surface area contributed by atoms with Gasteiger partial charge in [0.1, 0.15) is 0 Å². The van der Waals surface area contributed by atoms with Gasteiger partial charge in [0, 0.05) is 12.5 Å². The lowest BCUT2D eigenvalue weighted by Gasteiger charge is -2.55. The van der Waals surface area contributed by atoms with Gasteiger partial charge in [-0.25, -0.2) is 4.79 Å². The predicted molar refractivity (Wildman–Crippen MR) is 79.3 cm³/mol. The third-order valence-electron chi connectivity index (χ3n) is 5.75. The third-order valence-corrected chi connectivity index (χ3v) is 5.75. The molecular weight excluding hydrogens is 286 g/mol. The van der Waals surface area contributed by atoms with Crippen LogP contribution in [0.25, 0.3) is 0 Å². The standard InChI is InChI=1S/C16H27NO5/c1-3-4-6-15-7-5-12(17(15)14(19)20-2)10-16(13(15)11-18)21-8-9-22-16/h12-13,18H,3-11H2,1-2H3/t12-,13+,15+/m0/s1. The van der Waals surface area contributed by atoms with Crippen LogP contribution in [0.4, 0.5) is 4.79 Å². The zero-order valence-corrected chi connectivity index (χ0v) is 13.5. The first-order valence-corrected chi connectivity index (χ1v) is 8.39. The predicted octanol–water partition coefficient (Wildman–Crippen LogP) is 1.90. The molecule has 0 aromatic rings. The Balaban J connectivity index is 2.00. The number of amides is 1.